The van der Waals surface area contributed by atoms with Gasteiger partial charge in [0.05, 0.1) is 13.2 Å². The molecule has 0 radical (unpaired) electrons. The smallest absolute Gasteiger partial charge is 0.135 e. The third kappa shape index (κ3) is 4.57. The Hall–Kier alpha value is -3.92. The number of ether oxygens (including phenoxy) is 2. The minimum Gasteiger partial charge on any atom is -0.507 e. The molecule has 4 aromatic carbocycles. The summed E-state index contributed by atoms with van der Waals surface area (Å²) in [6.07, 6.45) is 2.42. The predicted molar refractivity (Wildman–Crippen MR) is 142 cm³/mol. The molecule has 5 aromatic rings. The number of fused-ring (bicyclic) bond motifs is 3. The molecule has 0 saturated carbocycles. The molecule has 0 unspecified atom stereocenters. The maximum Gasteiger partial charge on any atom is 0.135 e. The molecule has 0 aliphatic rings. The summed E-state index contributed by atoms with van der Waals surface area (Å²) in [6.45, 7) is 5.29. The first-order valence-corrected chi connectivity index (χ1v) is 12.3. The first-order chi connectivity index (χ1) is 17.2. The van der Waals surface area contributed by atoms with Crippen molar-refractivity contribution in [3.63, 3.8) is 0 Å². The minimum absolute atomic E-state index is 0.230. The number of hydrogen-bond donors (Lipinski definition) is 1. The monoisotopic (exact) mass is 466 g/mol. The molecule has 0 atom stereocenters. The average molecular weight is 467 g/mol. The van der Waals surface area contributed by atoms with E-state index in [0.29, 0.717) is 13.2 Å². The summed E-state index contributed by atoms with van der Waals surface area (Å²) in [5.74, 6) is 1.85. The molecular formula is C31H30O4. The normalized spacial score (nSPS) is 11.3. The van der Waals surface area contributed by atoms with E-state index in [4.69, 9.17) is 13.9 Å². The Morgan fingerprint density at radius 2 is 1.49 bits per heavy atom. The van der Waals surface area contributed by atoms with E-state index in [1.54, 1.807) is 6.07 Å². The van der Waals surface area contributed by atoms with E-state index in [0.717, 1.165) is 69.4 Å². The Morgan fingerprint density at radius 1 is 0.743 bits per heavy atom. The van der Waals surface area contributed by atoms with Gasteiger partial charge in [-0.2, -0.15) is 0 Å². The summed E-state index contributed by atoms with van der Waals surface area (Å²) in [5, 5.41) is 12.9. The second-order valence-electron chi connectivity index (χ2n) is 8.61. The molecule has 1 heterocycles. The standard InChI is InChI=1S/C31H30O4/c1-3-21-19-25(22-11-6-5-7-12-22)26(32)20-30(21)34-18-10-17-33-27-15-16-29-31(23(27)4-2)24-13-8-9-14-28(24)35-29/h5-9,11-16,19-20,32H,3-4,10,17-18H2,1-2H3. The molecule has 1 N–H and O–H groups in total. The van der Waals surface area contributed by atoms with Crippen LogP contribution < -0.4 is 9.47 Å². The molecule has 0 bridgehead atoms. The first kappa shape index (κ1) is 22.9. The number of phenolic OH excluding ortho intramolecular Hbond substituents is 1. The highest BCUT2D eigenvalue weighted by molar-refractivity contribution is 6.07. The zero-order valence-electron chi connectivity index (χ0n) is 20.2. The molecule has 178 valence electrons. The van der Waals surface area contributed by atoms with Crippen molar-refractivity contribution in [2.45, 2.75) is 33.1 Å². The zero-order valence-corrected chi connectivity index (χ0v) is 20.2. The van der Waals surface area contributed by atoms with E-state index < -0.39 is 0 Å². The molecule has 0 spiro atoms. The van der Waals surface area contributed by atoms with Gasteiger partial charge in [-0.1, -0.05) is 62.4 Å². The van der Waals surface area contributed by atoms with Crippen LogP contribution in [0.3, 0.4) is 0 Å². The minimum atomic E-state index is 0.230. The van der Waals surface area contributed by atoms with Crippen LogP contribution in [0.25, 0.3) is 33.1 Å². The molecule has 0 saturated heterocycles. The summed E-state index contributed by atoms with van der Waals surface area (Å²) in [4.78, 5) is 0. The quantitative estimate of drug-likeness (QED) is 0.224. The lowest BCUT2D eigenvalue weighted by Crippen LogP contribution is -2.07. The summed E-state index contributed by atoms with van der Waals surface area (Å²) < 4.78 is 18.2. The van der Waals surface area contributed by atoms with E-state index in [-0.39, 0.29) is 5.75 Å². The molecule has 4 heteroatoms. The van der Waals surface area contributed by atoms with Gasteiger partial charge < -0.3 is 19.0 Å². The van der Waals surface area contributed by atoms with Crippen molar-refractivity contribution < 1.29 is 19.0 Å². The number of benzene rings is 4. The topological polar surface area (TPSA) is 51.8 Å². The van der Waals surface area contributed by atoms with Crippen molar-refractivity contribution >= 4 is 21.9 Å². The van der Waals surface area contributed by atoms with Gasteiger partial charge in [-0.25, -0.2) is 0 Å². The second kappa shape index (κ2) is 10.1. The fraction of sp³-hybridized carbons (Fsp3) is 0.226. The molecule has 0 fully saturated rings. The number of hydrogen-bond acceptors (Lipinski definition) is 4. The predicted octanol–water partition coefficient (Wildman–Crippen LogP) is 7.93. The lowest BCUT2D eigenvalue weighted by molar-refractivity contribution is 0.245. The lowest BCUT2D eigenvalue weighted by atomic mass is 10.00. The van der Waals surface area contributed by atoms with Crippen molar-refractivity contribution in [3.05, 3.63) is 90.0 Å². The number of aromatic hydroxyl groups is 1. The van der Waals surface area contributed by atoms with Gasteiger partial charge in [0.15, 0.2) is 0 Å². The molecule has 35 heavy (non-hydrogen) atoms. The number of para-hydroxylation sites is 1. The zero-order chi connectivity index (χ0) is 24.2. The maximum atomic E-state index is 10.6. The van der Waals surface area contributed by atoms with E-state index in [1.165, 1.54) is 5.56 Å². The van der Waals surface area contributed by atoms with Crippen LogP contribution in [0.4, 0.5) is 0 Å². The molecule has 1 aromatic heterocycles. The van der Waals surface area contributed by atoms with E-state index in [2.05, 4.69) is 19.9 Å². The Morgan fingerprint density at radius 3 is 2.26 bits per heavy atom. The van der Waals surface area contributed by atoms with Crippen molar-refractivity contribution in [1.82, 2.24) is 0 Å². The van der Waals surface area contributed by atoms with Crippen LogP contribution in [0.15, 0.2) is 83.3 Å². The maximum absolute atomic E-state index is 10.6. The summed E-state index contributed by atoms with van der Waals surface area (Å²) >= 11 is 0. The first-order valence-electron chi connectivity index (χ1n) is 12.3. The van der Waals surface area contributed by atoms with Gasteiger partial charge in [0.2, 0.25) is 0 Å². The van der Waals surface area contributed by atoms with E-state index in [9.17, 15) is 5.11 Å². The van der Waals surface area contributed by atoms with Crippen LogP contribution in [0, 0.1) is 0 Å². The fourth-order valence-electron chi connectivity index (χ4n) is 4.65. The highest BCUT2D eigenvalue weighted by atomic mass is 16.5. The van der Waals surface area contributed by atoms with Gasteiger partial charge in [0.25, 0.3) is 0 Å². The Bertz CT molecular complexity index is 1450. The Kier molecular flexibility index (Phi) is 6.62. The van der Waals surface area contributed by atoms with Crippen molar-refractivity contribution in [2.75, 3.05) is 13.2 Å². The summed E-state index contributed by atoms with van der Waals surface area (Å²) in [7, 11) is 0. The summed E-state index contributed by atoms with van der Waals surface area (Å²) in [5.41, 5.74) is 5.86. The SMILES string of the molecule is CCc1cc(-c2ccccc2)c(O)cc1OCCCOc1ccc2oc3ccccc3c2c1CC. The fourth-order valence-corrected chi connectivity index (χ4v) is 4.65. The van der Waals surface area contributed by atoms with Crippen LogP contribution in [-0.4, -0.2) is 18.3 Å². The number of furan rings is 1. The van der Waals surface area contributed by atoms with Gasteiger partial charge in [-0.15, -0.1) is 0 Å². The average Bonchev–Trinajstić information content (AvgIpc) is 3.28. The third-order valence-electron chi connectivity index (χ3n) is 6.41. The van der Waals surface area contributed by atoms with Crippen LogP contribution in [0.2, 0.25) is 0 Å². The number of phenols is 1. The van der Waals surface area contributed by atoms with Crippen molar-refractivity contribution in [2.24, 2.45) is 0 Å². The Balaban J connectivity index is 1.25. The van der Waals surface area contributed by atoms with Gasteiger partial charge in [0, 0.05) is 34.4 Å². The van der Waals surface area contributed by atoms with Crippen molar-refractivity contribution in [3.8, 4) is 28.4 Å². The van der Waals surface area contributed by atoms with Crippen molar-refractivity contribution in [1.29, 1.82) is 0 Å². The van der Waals surface area contributed by atoms with Crippen LogP contribution in [-0.2, 0) is 12.8 Å². The number of rotatable bonds is 9. The molecule has 4 nitrogen and oxygen atoms in total. The third-order valence-corrected chi connectivity index (χ3v) is 6.41. The van der Waals surface area contributed by atoms with E-state index in [1.807, 2.05) is 66.7 Å². The molecule has 0 aliphatic heterocycles. The second-order valence-corrected chi connectivity index (χ2v) is 8.61. The molecule has 0 aliphatic carbocycles. The number of aryl methyl sites for hydroxylation is 2. The van der Waals surface area contributed by atoms with Gasteiger partial charge in [-0.3, -0.25) is 0 Å². The van der Waals surface area contributed by atoms with E-state index >= 15 is 0 Å². The molecule has 0 amide bonds. The summed E-state index contributed by atoms with van der Waals surface area (Å²) in [6, 6.07) is 25.8. The molecule has 5 rings (SSSR count). The van der Waals surface area contributed by atoms with Crippen LogP contribution in [0.1, 0.15) is 31.4 Å². The van der Waals surface area contributed by atoms with Gasteiger partial charge >= 0.3 is 0 Å². The van der Waals surface area contributed by atoms with Crippen LogP contribution >= 0.6 is 0 Å². The van der Waals surface area contributed by atoms with Gasteiger partial charge in [0.1, 0.15) is 28.4 Å². The lowest BCUT2D eigenvalue weighted by Gasteiger charge is -2.15. The highest BCUT2D eigenvalue weighted by Crippen LogP contribution is 2.37. The largest absolute Gasteiger partial charge is 0.507 e. The highest BCUT2D eigenvalue weighted by Gasteiger charge is 2.15. The van der Waals surface area contributed by atoms with Crippen LogP contribution in [0.5, 0.6) is 17.2 Å². The van der Waals surface area contributed by atoms with Gasteiger partial charge in [-0.05, 0) is 48.2 Å². The molecular weight excluding hydrogens is 436 g/mol. The Labute approximate surface area is 205 Å².